The molecule has 0 spiro atoms. The summed E-state index contributed by atoms with van der Waals surface area (Å²) in [7, 11) is -9.77. The Hall–Kier alpha value is -3.01. The van der Waals surface area contributed by atoms with Crippen LogP contribution in [0.4, 0.5) is 0 Å². The number of carbonyl (C=O) groups is 3. The van der Waals surface area contributed by atoms with Crippen molar-refractivity contribution in [2.45, 2.75) is 322 Å². The number of esters is 3. The third kappa shape index (κ3) is 66.3. The van der Waals surface area contributed by atoms with Crippen molar-refractivity contribution in [3.63, 3.8) is 0 Å². The van der Waals surface area contributed by atoms with Crippen molar-refractivity contribution in [1.29, 1.82) is 0 Å². The molecule has 0 saturated carbocycles. The van der Waals surface area contributed by atoms with E-state index in [1.54, 1.807) is 0 Å². The Kier molecular flexibility index (Phi) is 62.9. The van der Waals surface area contributed by atoms with Crippen molar-refractivity contribution in [3.05, 3.63) is 72.9 Å². The summed E-state index contributed by atoms with van der Waals surface area (Å²) < 4.78 is 60.9. The van der Waals surface area contributed by atoms with Gasteiger partial charge in [0.1, 0.15) is 25.4 Å². The van der Waals surface area contributed by atoms with E-state index in [9.17, 15) is 43.5 Å². The third-order valence-corrected chi connectivity index (χ3v) is 16.8. The largest absolute Gasteiger partial charge is 0.472 e. The second-order valence-electron chi connectivity index (χ2n) is 23.7. The van der Waals surface area contributed by atoms with Gasteiger partial charge in [-0.25, -0.2) is 9.13 Å². The van der Waals surface area contributed by atoms with Gasteiger partial charge in [-0.05, 0) is 89.9 Å². The maximum Gasteiger partial charge on any atom is 0.472 e. The van der Waals surface area contributed by atoms with Gasteiger partial charge in [0.25, 0.3) is 0 Å². The molecule has 16 nitrogen and oxygen atoms in total. The molecule has 89 heavy (non-hydrogen) atoms. The average Bonchev–Trinajstić information content (AvgIpc) is 3.70. The highest BCUT2D eigenvalue weighted by atomic mass is 31.2. The fraction of sp³-hybridized carbons (Fsp3) is 0.789. The molecule has 4 N–H and O–H groups in total. The molecule has 0 bridgehead atoms. The first-order chi connectivity index (χ1) is 43.2. The Morgan fingerprint density at radius 3 is 0.966 bits per heavy atom. The number of aliphatic hydroxyl groups is 2. The molecular weight excluding hydrogens is 1170 g/mol. The Labute approximate surface area is 541 Å². The summed E-state index contributed by atoms with van der Waals surface area (Å²) in [5.41, 5.74) is 0. The summed E-state index contributed by atoms with van der Waals surface area (Å²) in [6.45, 7) is 2.56. The van der Waals surface area contributed by atoms with Gasteiger partial charge in [0.15, 0.2) is 6.10 Å². The highest BCUT2D eigenvalue weighted by molar-refractivity contribution is 7.47. The first-order valence-electron chi connectivity index (χ1n) is 35.2. The van der Waals surface area contributed by atoms with Crippen LogP contribution in [0, 0.1) is 0 Å². The van der Waals surface area contributed by atoms with Gasteiger partial charge < -0.3 is 34.2 Å². The maximum absolute atomic E-state index is 12.9. The molecule has 0 saturated heterocycles. The van der Waals surface area contributed by atoms with Crippen molar-refractivity contribution in [2.75, 3.05) is 39.6 Å². The van der Waals surface area contributed by atoms with E-state index in [-0.39, 0.29) is 19.3 Å². The van der Waals surface area contributed by atoms with Crippen LogP contribution in [0.25, 0.3) is 0 Å². The highest BCUT2D eigenvalue weighted by Crippen LogP contribution is 2.45. The van der Waals surface area contributed by atoms with Crippen LogP contribution in [0.3, 0.4) is 0 Å². The number of phosphoric acid groups is 2. The van der Waals surface area contributed by atoms with E-state index in [1.165, 1.54) is 122 Å². The van der Waals surface area contributed by atoms with Crippen LogP contribution in [0.2, 0.25) is 0 Å². The average molecular weight is 1300 g/mol. The van der Waals surface area contributed by atoms with Crippen molar-refractivity contribution < 1.29 is 75.8 Å². The minimum Gasteiger partial charge on any atom is -0.463 e. The van der Waals surface area contributed by atoms with Crippen LogP contribution in [0.1, 0.15) is 303 Å². The molecule has 5 atom stereocenters. The molecule has 0 fully saturated rings. The minimum atomic E-state index is -4.92. The second-order valence-corrected chi connectivity index (χ2v) is 26.6. The first kappa shape index (κ1) is 86.0. The predicted molar refractivity (Wildman–Crippen MR) is 362 cm³/mol. The van der Waals surface area contributed by atoms with Crippen LogP contribution < -0.4 is 0 Å². The molecule has 0 rings (SSSR count). The monoisotopic (exact) mass is 1300 g/mol. The lowest BCUT2D eigenvalue weighted by Crippen LogP contribution is -2.30. The Balaban J connectivity index is 4.51. The molecule has 0 aromatic rings. The topological polar surface area (TPSA) is 231 Å². The fourth-order valence-corrected chi connectivity index (χ4v) is 11.1. The van der Waals surface area contributed by atoms with Crippen LogP contribution >= 0.6 is 15.6 Å². The SMILES string of the molecule is CC/C=C\C/C=C\C/C=C\C/C=C\C/C=C\CCCCCCCCCCCC(=O)OCC(O)COP(=O)(O)OCC(O)COP(=O)(O)OCC(COC(=O)CCCCCCCCCCCCCCCCC)OC(=O)CCCCCCC/C=C\CCCCCC. The maximum atomic E-state index is 12.9. The standard InChI is InChI=1S/C71H128O16P2/c1-4-7-10-13-16-19-22-25-27-28-29-30-31-32-33-34-35-36-38-41-42-45-48-51-54-57-69(74)81-60-66(72)61-83-88(77,78)84-62-67(73)63-85-89(79,80)86-65-68(87-71(76)59-56-53-50-47-44-39-24-21-18-15-12-9-6-3)64-82-70(75)58-55-52-49-46-43-40-37-26-23-20-17-14-11-8-5-2/h7,10,16,19,21,24-25,27,29-30,32-33,66-68,72-73H,4-6,8-9,11-15,17-18,20,22-23,26,28,31,34-65H2,1-3H3,(H,77,78)(H,79,80)/b10-7-,19-16-,24-21-,27-25-,30-29-,33-32-. The van der Waals surface area contributed by atoms with Crippen molar-refractivity contribution in [2.24, 2.45) is 0 Å². The van der Waals surface area contributed by atoms with E-state index in [1.807, 2.05) is 0 Å². The molecule has 18 heteroatoms. The van der Waals surface area contributed by atoms with Gasteiger partial charge in [-0.3, -0.25) is 32.5 Å². The zero-order valence-electron chi connectivity index (χ0n) is 56.1. The van der Waals surface area contributed by atoms with Crippen LogP contribution in [-0.4, -0.2) is 95.9 Å². The number of allylic oxidation sites excluding steroid dienone is 12. The predicted octanol–water partition coefficient (Wildman–Crippen LogP) is 19.5. The van der Waals surface area contributed by atoms with Gasteiger partial charge in [0.2, 0.25) is 0 Å². The summed E-state index contributed by atoms with van der Waals surface area (Å²) in [4.78, 5) is 58.3. The van der Waals surface area contributed by atoms with E-state index >= 15 is 0 Å². The summed E-state index contributed by atoms with van der Waals surface area (Å²) in [5.74, 6) is -1.58. The molecule has 0 aliphatic carbocycles. The lowest BCUT2D eigenvalue weighted by molar-refractivity contribution is -0.161. The Morgan fingerprint density at radius 2 is 0.596 bits per heavy atom. The van der Waals surface area contributed by atoms with Gasteiger partial charge in [-0.15, -0.1) is 0 Å². The molecule has 0 aliphatic heterocycles. The number of aliphatic hydroxyl groups excluding tert-OH is 2. The smallest absolute Gasteiger partial charge is 0.463 e. The molecule has 0 aliphatic rings. The Bertz CT molecular complexity index is 1920. The number of hydrogen-bond acceptors (Lipinski definition) is 14. The Morgan fingerprint density at radius 1 is 0.326 bits per heavy atom. The zero-order chi connectivity index (χ0) is 65.3. The molecule has 0 radical (unpaired) electrons. The van der Waals surface area contributed by atoms with Crippen molar-refractivity contribution in [3.8, 4) is 0 Å². The van der Waals surface area contributed by atoms with Crippen LogP contribution in [0.5, 0.6) is 0 Å². The lowest BCUT2D eigenvalue weighted by atomic mass is 10.0. The number of ether oxygens (including phenoxy) is 3. The van der Waals surface area contributed by atoms with Crippen LogP contribution in [-0.2, 0) is 55.8 Å². The first-order valence-corrected chi connectivity index (χ1v) is 38.2. The lowest BCUT2D eigenvalue weighted by Gasteiger charge is -2.21. The fourth-order valence-electron chi connectivity index (χ4n) is 9.53. The van der Waals surface area contributed by atoms with E-state index in [2.05, 4.69) is 93.7 Å². The summed E-state index contributed by atoms with van der Waals surface area (Å²) in [6, 6.07) is 0. The molecular formula is C71H128O16P2. The van der Waals surface area contributed by atoms with E-state index in [4.69, 9.17) is 32.3 Å². The number of carbonyl (C=O) groups excluding carboxylic acids is 3. The molecule has 518 valence electrons. The van der Waals surface area contributed by atoms with Gasteiger partial charge >= 0.3 is 33.6 Å². The van der Waals surface area contributed by atoms with E-state index in [0.717, 1.165) is 122 Å². The number of hydrogen-bond donors (Lipinski definition) is 4. The summed E-state index contributed by atoms with van der Waals surface area (Å²) >= 11 is 0. The third-order valence-electron chi connectivity index (χ3n) is 14.9. The highest BCUT2D eigenvalue weighted by Gasteiger charge is 2.29. The van der Waals surface area contributed by atoms with E-state index < -0.39 is 91.5 Å². The number of phosphoric ester groups is 2. The molecule has 0 aromatic heterocycles. The normalized spacial score (nSPS) is 14.6. The van der Waals surface area contributed by atoms with Gasteiger partial charge in [0, 0.05) is 19.3 Å². The quantitative estimate of drug-likeness (QED) is 0.0146. The molecule has 0 heterocycles. The number of rotatable bonds is 67. The van der Waals surface area contributed by atoms with Gasteiger partial charge in [0.05, 0.1) is 26.4 Å². The second kappa shape index (κ2) is 65.1. The van der Waals surface area contributed by atoms with Crippen molar-refractivity contribution in [1.82, 2.24) is 0 Å². The summed E-state index contributed by atoms with van der Waals surface area (Å²) in [6.07, 6.45) is 68.1. The van der Waals surface area contributed by atoms with Crippen LogP contribution in [0.15, 0.2) is 72.9 Å². The number of unbranched alkanes of at least 4 members (excludes halogenated alkanes) is 32. The minimum absolute atomic E-state index is 0.0988. The van der Waals surface area contributed by atoms with Gasteiger partial charge in [-0.2, -0.15) is 0 Å². The van der Waals surface area contributed by atoms with E-state index in [0.29, 0.717) is 19.3 Å². The summed E-state index contributed by atoms with van der Waals surface area (Å²) in [5, 5.41) is 20.6. The van der Waals surface area contributed by atoms with Crippen molar-refractivity contribution >= 4 is 33.6 Å². The zero-order valence-corrected chi connectivity index (χ0v) is 57.9. The van der Waals surface area contributed by atoms with Gasteiger partial charge in [-0.1, -0.05) is 267 Å². The molecule has 5 unspecified atom stereocenters. The molecule has 0 amide bonds. The molecule has 0 aromatic carbocycles.